The van der Waals surface area contributed by atoms with Crippen molar-refractivity contribution < 1.29 is 19.4 Å². The van der Waals surface area contributed by atoms with Crippen molar-refractivity contribution in [1.82, 2.24) is 9.80 Å². The van der Waals surface area contributed by atoms with E-state index in [0.717, 1.165) is 25.9 Å². The number of aliphatic carboxylic acids is 1. The minimum Gasteiger partial charge on any atom is -0.481 e. The number of piperidine rings is 1. The second-order valence-electron chi connectivity index (χ2n) is 5.81. The number of hydrogen-bond acceptors (Lipinski definition) is 3. The van der Waals surface area contributed by atoms with Gasteiger partial charge >= 0.3 is 12.0 Å². The molecule has 6 heteroatoms. The average Bonchev–Trinajstić information content (AvgIpc) is 2.89. The molecule has 2 heterocycles. The third-order valence-corrected chi connectivity index (χ3v) is 4.28. The van der Waals surface area contributed by atoms with Gasteiger partial charge in [-0.1, -0.05) is 6.92 Å². The quantitative estimate of drug-likeness (QED) is 0.847. The minimum absolute atomic E-state index is 0.0409. The standard InChI is InChI=1S/C14H24N2O4/c1-3-16(12-9-20-8-11(12)13(17)18)14(19)15-6-4-5-10(2)7-15/h10-12H,3-9H2,1-2H3,(H,17,18). The van der Waals surface area contributed by atoms with E-state index in [9.17, 15) is 14.7 Å². The summed E-state index contributed by atoms with van der Waals surface area (Å²) < 4.78 is 5.28. The largest absolute Gasteiger partial charge is 0.481 e. The van der Waals surface area contributed by atoms with E-state index in [-0.39, 0.29) is 18.7 Å². The van der Waals surface area contributed by atoms with Crippen LogP contribution in [0.1, 0.15) is 26.7 Å². The lowest BCUT2D eigenvalue weighted by Gasteiger charge is -2.38. The highest BCUT2D eigenvalue weighted by molar-refractivity contribution is 5.77. The predicted octanol–water partition coefficient (Wildman–Crippen LogP) is 1.26. The molecule has 0 radical (unpaired) electrons. The summed E-state index contributed by atoms with van der Waals surface area (Å²) in [5.74, 6) is -0.978. The Morgan fingerprint density at radius 3 is 2.75 bits per heavy atom. The number of carboxylic acid groups (broad SMARTS) is 1. The van der Waals surface area contributed by atoms with Gasteiger partial charge in [0.15, 0.2) is 0 Å². The molecule has 0 aliphatic carbocycles. The van der Waals surface area contributed by atoms with Gasteiger partial charge in [-0.05, 0) is 25.7 Å². The highest BCUT2D eigenvalue weighted by Crippen LogP contribution is 2.23. The Kier molecular flexibility index (Phi) is 4.86. The van der Waals surface area contributed by atoms with E-state index in [1.54, 1.807) is 4.90 Å². The summed E-state index contributed by atoms with van der Waals surface area (Å²) in [4.78, 5) is 27.4. The Morgan fingerprint density at radius 2 is 2.15 bits per heavy atom. The monoisotopic (exact) mass is 284 g/mol. The first kappa shape index (κ1) is 15.1. The molecule has 2 amide bonds. The SMILES string of the molecule is CCN(C(=O)N1CCCC(C)C1)C1COCC1C(=O)O. The zero-order valence-electron chi connectivity index (χ0n) is 12.2. The zero-order chi connectivity index (χ0) is 14.7. The number of nitrogens with zero attached hydrogens (tertiary/aromatic N) is 2. The van der Waals surface area contributed by atoms with Gasteiger partial charge in [-0.3, -0.25) is 4.79 Å². The molecule has 20 heavy (non-hydrogen) atoms. The van der Waals surface area contributed by atoms with Crippen molar-refractivity contribution in [3.8, 4) is 0 Å². The first-order valence-electron chi connectivity index (χ1n) is 7.40. The highest BCUT2D eigenvalue weighted by atomic mass is 16.5. The average molecular weight is 284 g/mol. The van der Waals surface area contributed by atoms with Crippen LogP contribution < -0.4 is 0 Å². The summed E-state index contributed by atoms with van der Waals surface area (Å²) in [6.45, 7) is 6.60. The van der Waals surface area contributed by atoms with Crippen molar-refractivity contribution in [3.63, 3.8) is 0 Å². The topological polar surface area (TPSA) is 70.1 Å². The van der Waals surface area contributed by atoms with Crippen LogP contribution in [0, 0.1) is 11.8 Å². The van der Waals surface area contributed by atoms with E-state index < -0.39 is 11.9 Å². The molecule has 3 atom stereocenters. The van der Waals surface area contributed by atoms with Gasteiger partial charge in [-0.15, -0.1) is 0 Å². The maximum atomic E-state index is 12.6. The van der Waals surface area contributed by atoms with Crippen LogP contribution in [0.5, 0.6) is 0 Å². The van der Waals surface area contributed by atoms with Crippen LogP contribution in [0.4, 0.5) is 4.79 Å². The Bertz CT molecular complexity index is 374. The molecule has 0 aromatic rings. The summed E-state index contributed by atoms with van der Waals surface area (Å²) in [5.41, 5.74) is 0. The maximum absolute atomic E-state index is 12.6. The molecule has 1 N–H and O–H groups in total. The number of likely N-dealkylation sites (tertiary alicyclic amines) is 1. The van der Waals surface area contributed by atoms with E-state index >= 15 is 0 Å². The lowest BCUT2D eigenvalue weighted by molar-refractivity contribution is -0.142. The molecule has 2 aliphatic heterocycles. The fourth-order valence-electron chi connectivity index (χ4n) is 3.14. The Morgan fingerprint density at radius 1 is 1.40 bits per heavy atom. The number of amides is 2. The second-order valence-corrected chi connectivity index (χ2v) is 5.81. The second kappa shape index (κ2) is 6.43. The van der Waals surface area contributed by atoms with Crippen molar-refractivity contribution in [2.75, 3.05) is 32.8 Å². The summed E-state index contributed by atoms with van der Waals surface area (Å²) >= 11 is 0. The summed E-state index contributed by atoms with van der Waals surface area (Å²) in [6.07, 6.45) is 2.17. The fraction of sp³-hybridized carbons (Fsp3) is 0.857. The number of hydrogen-bond donors (Lipinski definition) is 1. The molecule has 0 aromatic heterocycles. The van der Waals surface area contributed by atoms with E-state index in [4.69, 9.17) is 4.74 Å². The van der Waals surface area contributed by atoms with Crippen LogP contribution in [0.25, 0.3) is 0 Å². The van der Waals surface area contributed by atoms with Crippen molar-refractivity contribution in [2.45, 2.75) is 32.7 Å². The molecule has 0 spiro atoms. The van der Waals surface area contributed by atoms with Crippen molar-refractivity contribution in [3.05, 3.63) is 0 Å². The lowest BCUT2D eigenvalue weighted by Crippen LogP contribution is -2.53. The molecule has 3 unspecified atom stereocenters. The maximum Gasteiger partial charge on any atom is 0.320 e. The smallest absolute Gasteiger partial charge is 0.320 e. The first-order chi connectivity index (χ1) is 9.54. The van der Waals surface area contributed by atoms with E-state index in [2.05, 4.69) is 6.92 Å². The molecular weight excluding hydrogens is 260 g/mol. The molecule has 0 aromatic carbocycles. The zero-order valence-corrected chi connectivity index (χ0v) is 12.2. The molecule has 2 fully saturated rings. The molecule has 0 bridgehead atoms. The predicted molar refractivity (Wildman–Crippen MR) is 73.5 cm³/mol. The van der Waals surface area contributed by atoms with Gasteiger partial charge in [-0.25, -0.2) is 4.79 Å². The highest BCUT2D eigenvalue weighted by Gasteiger charge is 2.40. The molecule has 2 aliphatic rings. The fourth-order valence-corrected chi connectivity index (χ4v) is 3.14. The van der Waals surface area contributed by atoms with Gasteiger partial charge in [-0.2, -0.15) is 0 Å². The number of urea groups is 1. The molecule has 114 valence electrons. The first-order valence-corrected chi connectivity index (χ1v) is 7.40. The van der Waals surface area contributed by atoms with Crippen molar-refractivity contribution >= 4 is 12.0 Å². The van der Waals surface area contributed by atoms with Crippen molar-refractivity contribution in [2.24, 2.45) is 11.8 Å². The van der Waals surface area contributed by atoms with Gasteiger partial charge in [0.2, 0.25) is 0 Å². The van der Waals surface area contributed by atoms with Crippen LogP contribution >= 0.6 is 0 Å². The van der Waals surface area contributed by atoms with Crippen LogP contribution in [-0.2, 0) is 9.53 Å². The van der Waals surface area contributed by atoms with E-state index in [1.165, 1.54) is 0 Å². The number of likely N-dealkylation sites (N-methyl/N-ethyl adjacent to an activating group) is 1. The molecule has 2 rings (SSSR count). The Labute approximate surface area is 119 Å². The minimum atomic E-state index is -0.884. The molecule has 0 saturated carbocycles. The van der Waals surface area contributed by atoms with E-state index in [0.29, 0.717) is 19.1 Å². The number of carboxylic acids is 1. The van der Waals surface area contributed by atoms with Gasteiger partial charge in [0.25, 0.3) is 0 Å². The van der Waals surface area contributed by atoms with Gasteiger partial charge in [0.1, 0.15) is 5.92 Å². The van der Waals surface area contributed by atoms with Crippen LogP contribution in [0.15, 0.2) is 0 Å². The molecular formula is C14H24N2O4. The van der Waals surface area contributed by atoms with Gasteiger partial charge < -0.3 is 19.6 Å². The Balaban J connectivity index is 2.06. The number of carbonyl (C=O) groups is 2. The summed E-state index contributed by atoms with van der Waals surface area (Å²) in [5, 5.41) is 9.23. The third-order valence-electron chi connectivity index (χ3n) is 4.28. The van der Waals surface area contributed by atoms with Crippen LogP contribution in [-0.4, -0.2) is 65.8 Å². The summed E-state index contributed by atoms with van der Waals surface area (Å²) in [6, 6.07) is -0.386. The number of ether oxygens (including phenoxy) is 1. The Hall–Kier alpha value is -1.30. The lowest BCUT2D eigenvalue weighted by atomic mass is 10.00. The van der Waals surface area contributed by atoms with Crippen molar-refractivity contribution in [1.29, 1.82) is 0 Å². The van der Waals surface area contributed by atoms with Crippen LogP contribution in [0.3, 0.4) is 0 Å². The van der Waals surface area contributed by atoms with Gasteiger partial charge in [0.05, 0.1) is 19.3 Å². The normalized spacial score (nSPS) is 30.3. The summed E-state index contributed by atoms with van der Waals surface area (Å²) in [7, 11) is 0. The number of carbonyl (C=O) groups excluding carboxylic acids is 1. The van der Waals surface area contributed by atoms with Crippen LogP contribution in [0.2, 0.25) is 0 Å². The molecule has 6 nitrogen and oxygen atoms in total. The van der Waals surface area contributed by atoms with E-state index in [1.807, 2.05) is 11.8 Å². The van der Waals surface area contributed by atoms with Gasteiger partial charge in [0, 0.05) is 19.6 Å². The third kappa shape index (κ3) is 3.06. The number of rotatable bonds is 3. The molecule has 2 saturated heterocycles.